The number of hydrogen-bond acceptors (Lipinski definition) is 5. The van der Waals surface area contributed by atoms with Crippen LogP contribution in [0.5, 0.6) is 0 Å². The minimum atomic E-state index is -1.22. The molecule has 0 bridgehead atoms. The maximum atomic E-state index is 11.5. The summed E-state index contributed by atoms with van der Waals surface area (Å²) in [5, 5.41) is 21.3. The molecule has 3 N–H and O–H groups in total. The molecule has 0 aromatic carbocycles. The first kappa shape index (κ1) is 17.3. The molecule has 0 saturated heterocycles. The molecule has 0 unspecified atom stereocenters. The third-order valence-corrected chi connectivity index (χ3v) is 2.53. The summed E-state index contributed by atoms with van der Waals surface area (Å²) in [4.78, 5) is 11.5. The van der Waals surface area contributed by atoms with E-state index in [0.29, 0.717) is 26.2 Å². The highest BCUT2D eigenvalue weighted by Gasteiger charge is 2.32. The van der Waals surface area contributed by atoms with E-state index < -0.39 is 17.4 Å². The number of aliphatic hydroxyl groups is 2. The second kappa shape index (κ2) is 9.27. The van der Waals surface area contributed by atoms with Crippen molar-refractivity contribution in [1.82, 2.24) is 5.32 Å². The Morgan fingerprint density at radius 3 is 2.61 bits per heavy atom. The first-order valence-electron chi connectivity index (χ1n) is 6.17. The number of nitrogens with one attached hydrogen (secondary N) is 1. The van der Waals surface area contributed by atoms with Gasteiger partial charge in [0.1, 0.15) is 12.9 Å². The average molecular weight is 263 g/mol. The van der Waals surface area contributed by atoms with Crippen LogP contribution in [0.15, 0.2) is 0 Å². The summed E-state index contributed by atoms with van der Waals surface area (Å²) in [6, 6.07) is 0. The van der Waals surface area contributed by atoms with Gasteiger partial charge in [-0.1, -0.05) is 13.8 Å². The molecule has 0 rings (SSSR count). The van der Waals surface area contributed by atoms with Crippen LogP contribution < -0.4 is 5.32 Å². The van der Waals surface area contributed by atoms with Gasteiger partial charge in [0.05, 0.1) is 13.2 Å². The van der Waals surface area contributed by atoms with Crippen molar-refractivity contribution in [3.05, 3.63) is 0 Å². The van der Waals surface area contributed by atoms with Crippen LogP contribution in [0.25, 0.3) is 0 Å². The standard InChI is InChI=1S/C12H25NO5/c1-4-17-9-18-7-5-6-13-11(16)10(15)12(2,3)8-14/h10,14-15H,4-9H2,1-3H3,(H,13,16)/t10-/m0/s1. The average Bonchev–Trinajstić information content (AvgIpc) is 2.36. The monoisotopic (exact) mass is 263 g/mol. The number of rotatable bonds is 10. The van der Waals surface area contributed by atoms with Crippen LogP contribution in [0, 0.1) is 5.41 Å². The molecule has 0 aliphatic carbocycles. The minimum absolute atomic E-state index is 0.251. The Bertz CT molecular complexity index is 233. The summed E-state index contributed by atoms with van der Waals surface area (Å²) in [5.74, 6) is -0.473. The van der Waals surface area contributed by atoms with Gasteiger partial charge in [0.25, 0.3) is 0 Å². The maximum absolute atomic E-state index is 11.5. The molecule has 1 amide bonds. The molecule has 0 aromatic rings. The third kappa shape index (κ3) is 6.90. The predicted octanol–water partition coefficient (Wildman–Crippen LogP) is -0.117. The zero-order chi connectivity index (χ0) is 14.0. The van der Waals surface area contributed by atoms with Gasteiger partial charge in [0.15, 0.2) is 0 Å². The summed E-state index contributed by atoms with van der Waals surface area (Å²) >= 11 is 0. The van der Waals surface area contributed by atoms with Crippen molar-refractivity contribution in [2.75, 3.05) is 33.2 Å². The van der Waals surface area contributed by atoms with E-state index in [9.17, 15) is 9.90 Å². The van der Waals surface area contributed by atoms with Crippen LogP contribution >= 0.6 is 0 Å². The van der Waals surface area contributed by atoms with Crippen LogP contribution in [0.2, 0.25) is 0 Å². The number of hydrogen-bond donors (Lipinski definition) is 3. The summed E-state index contributed by atoms with van der Waals surface area (Å²) in [6.45, 7) is 6.66. The molecule has 0 spiro atoms. The largest absolute Gasteiger partial charge is 0.396 e. The zero-order valence-corrected chi connectivity index (χ0v) is 11.4. The quantitative estimate of drug-likeness (QED) is 0.378. The summed E-state index contributed by atoms with van der Waals surface area (Å²) in [6.07, 6.45) is -0.572. The van der Waals surface area contributed by atoms with Crippen molar-refractivity contribution in [3.63, 3.8) is 0 Å². The number of ether oxygens (including phenoxy) is 2. The topological polar surface area (TPSA) is 88.0 Å². The van der Waals surface area contributed by atoms with Gasteiger partial charge >= 0.3 is 0 Å². The van der Waals surface area contributed by atoms with Crippen molar-refractivity contribution in [2.45, 2.75) is 33.3 Å². The predicted molar refractivity (Wildman–Crippen MR) is 66.9 cm³/mol. The lowest BCUT2D eigenvalue weighted by Gasteiger charge is -2.27. The Labute approximate surface area is 108 Å². The first-order valence-corrected chi connectivity index (χ1v) is 6.17. The Morgan fingerprint density at radius 2 is 2.06 bits per heavy atom. The SMILES string of the molecule is CCOCOCCCNC(=O)[C@H](O)C(C)(C)CO. The van der Waals surface area contributed by atoms with Crippen molar-refractivity contribution in [1.29, 1.82) is 0 Å². The maximum Gasteiger partial charge on any atom is 0.249 e. The molecule has 0 aromatic heterocycles. The van der Waals surface area contributed by atoms with Crippen LogP contribution in [-0.2, 0) is 14.3 Å². The van der Waals surface area contributed by atoms with Crippen LogP contribution in [0.1, 0.15) is 27.2 Å². The number of amides is 1. The van der Waals surface area contributed by atoms with Gasteiger partial charge in [0, 0.05) is 18.6 Å². The fraction of sp³-hybridized carbons (Fsp3) is 0.917. The Morgan fingerprint density at radius 1 is 1.39 bits per heavy atom. The Balaban J connectivity index is 3.65. The molecule has 6 heteroatoms. The molecule has 0 radical (unpaired) electrons. The molecule has 18 heavy (non-hydrogen) atoms. The van der Waals surface area contributed by atoms with Gasteiger partial charge in [0.2, 0.25) is 5.91 Å². The van der Waals surface area contributed by atoms with Gasteiger partial charge in [-0.2, -0.15) is 0 Å². The lowest BCUT2D eigenvalue weighted by molar-refractivity contribution is -0.137. The summed E-state index contributed by atoms with van der Waals surface area (Å²) < 4.78 is 10.1. The van der Waals surface area contributed by atoms with Crippen molar-refractivity contribution in [3.8, 4) is 0 Å². The molecule has 6 nitrogen and oxygen atoms in total. The third-order valence-electron chi connectivity index (χ3n) is 2.53. The van der Waals surface area contributed by atoms with E-state index in [-0.39, 0.29) is 13.4 Å². The Hall–Kier alpha value is -0.690. The molecule has 0 saturated carbocycles. The first-order chi connectivity index (χ1) is 8.45. The zero-order valence-electron chi connectivity index (χ0n) is 11.4. The summed E-state index contributed by atoms with van der Waals surface area (Å²) in [5.41, 5.74) is -0.838. The normalized spacial score (nSPS) is 13.4. The second-order valence-electron chi connectivity index (χ2n) is 4.71. The lowest BCUT2D eigenvalue weighted by Crippen LogP contribution is -2.45. The van der Waals surface area contributed by atoms with Gasteiger partial charge in [-0.15, -0.1) is 0 Å². The smallest absolute Gasteiger partial charge is 0.249 e. The van der Waals surface area contributed by atoms with Gasteiger partial charge in [-0.25, -0.2) is 0 Å². The molecule has 0 heterocycles. The molecule has 0 aliphatic heterocycles. The summed E-state index contributed by atoms with van der Waals surface area (Å²) in [7, 11) is 0. The van der Waals surface area contributed by atoms with Gasteiger partial charge in [-0.3, -0.25) is 4.79 Å². The van der Waals surface area contributed by atoms with E-state index in [1.54, 1.807) is 13.8 Å². The second-order valence-corrected chi connectivity index (χ2v) is 4.71. The van der Waals surface area contributed by atoms with E-state index in [0.717, 1.165) is 0 Å². The number of aliphatic hydroxyl groups excluding tert-OH is 2. The molecule has 0 aliphatic rings. The van der Waals surface area contributed by atoms with Crippen molar-refractivity contribution in [2.24, 2.45) is 5.41 Å². The lowest BCUT2D eigenvalue weighted by atomic mass is 9.87. The Kier molecular flexibility index (Phi) is 8.91. The van der Waals surface area contributed by atoms with Gasteiger partial charge in [-0.05, 0) is 13.3 Å². The van der Waals surface area contributed by atoms with E-state index in [2.05, 4.69) is 5.32 Å². The molecule has 108 valence electrons. The molecule has 1 atom stereocenters. The van der Waals surface area contributed by atoms with E-state index in [1.165, 1.54) is 0 Å². The van der Waals surface area contributed by atoms with Crippen LogP contribution in [0.3, 0.4) is 0 Å². The van der Waals surface area contributed by atoms with E-state index in [1.807, 2.05) is 6.92 Å². The van der Waals surface area contributed by atoms with Crippen molar-refractivity contribution >= 4 is 5.91 Å². The number of carbonyl (C=O) groups is 1. The molecule has 0 fully saturated rings. The van der Waals surface area contributed by atoms with Crippen LogP contribution in [-0.4, -0.2) is 55.4 Å². The fourth-order valence-electron chi connectivity index (χ4n) is 1.13. The van der Waals surface area contributed by atoms with Crippen molar-refractivity contribution < 1.29 is 24.5 Å². The highest BCUT2D eigenvalue weighted by Crippen LogP contribution is 2.19. The highest BCUT2D eigenvalue weighted by molar-refractivity contribution is 5.81. The fourth-order valence-corrected chi connectivity index (χ4v) is 1.13. The van der Waals surface area contributed by atoms with E-state index >= 15 is 0 Å². The minimum Gasteiger partial charge on any atom is -0.396 e. The molecular weight excluding hydrogens is 238 g/mol. The number of carbonyl (C=O) groups excluding carboxylic acids is 1. The molecular formula is C12H25NO5. The highest BCUT2D eigenvalue weighted by atomic mass is 16.7. The van der Waals surface area contributed by atoms with E-state index in [4.69, 9.17) is 14.6 Å². The van der Waals surface area contributed by atoms with Crippen LogP contribution in [0.4, 0.5) is 0 Å². The van der Waals surface area contributed by atoms with Gasteiger partial charge < -0.3 is 25.0 Å².